The van der Waals surface area contributed by atoms with Crippen molar-refractivity contribution >= 4 is 16.9 Å². The van der Waals surface area contributed by atoms with Crippen molar-refractivity contribution in [1.29, 1.82) is 0 Å². The van der Waals surface area contributed by atoms with Crippen molar-refractivity contribution in [3.63, 3.8) is 0 Å². The van der Waals surface area contributed by atoms with Gasteiger partial charge >= 0.3 is 0 Å². The van der Waals surface area contributed by atoms with Gasteiger partial charge in [0.1, 0.15) is 11.6 Å². The van der Waals surface area contributed by atoms with Gasteiger partial charge in [0.15, 0.2) is 0 Å². The van der Waals surface area contributed by atoms with Crippen LogP contribution in [0.1, 0.15) is 40.7 Å². The summed E-state index contributed by atoms with van der Waals surface area (Å²) in [6.45, 7) is 5.85. The second kappa shape index (κ2) is 10.1. The molecule has 0 saturated carbocycles. The van der Waals surface area contributed by atoms with Crippen LogP contribution in [0.15, 0.2) is 72.8 Å². The number of nitrogens with one attached hydrogen (secondary N) is 1. The Morgan fingerprint density at radius 2 is 1.75 bits per heavy atom. The maximum absolute atomic E-state index is 12.7. The lowest BCUT2D eigenvalue weighted by Crippen LogP contribution is -2.25. The first-order valence-corrected chi connectivity index (χ1v) is 11.2. The van der Waals surface area contributed by atoms with Gasteiger partial charge in [0.2, 0.25) is 0 Å². The van der Waals surface area contributed by atoms with Crippen molar-refractivity contribution in [2.45, 2.75) is 39.8 Å². The molecule has 5 heteroatoms. The number of para-hydroxylation sites is 2. The van der Waals surface area contributed by atoms with Crippen LogP contribution in [-0.4, -0.2) is 22.1 Å². The van der Waals surface area contributed by atoms with Gasteiger partial charge in [-0.15, -0.1) is 0 Å². The van der Waals surface area contributed by atoms with E-state index in [1.165, 1.54) is 5.56 Å². The molecule has 1 aromatic heterocycles. The number of aromatic nitrogens is 2. The molecular formula is C27H29N3O2. The van der Waals surface area contributed by atoms with Gasteiger partial charge in [0.25, 0.3) is 5.91 Å². The topological polar surface area (TPSA) is 56.1 Å². The number of amides is 1. The number of benzene rings is 3. The Morgan fingerprint density at radius 3 is 2.53 bits per heavy atom. The van der Waals surface area contributed by atoms with Crippen molar-refractivity contribution < 1.29 is 9.53 Å². The molecule has 0 atom stereocenters. The lowest BCUT2D eigenvalue weighted by molar-refractivity contribution is 0.0949. The van der Waals surface area contributed by atoms with E-state index in [1.54, 1.807) is 0 Å². The molecule has 0 unspecified atom stereocenters. The highest BCUT2D eigenvalue weighted by Gasteiger charge is 2.13. The molecule has 3 aromatic carbocycles. The van der Waals surface area contributed by atoms with Crippen LogP contribution in [0.3, 0.4) is 0 Å². The molecule has 0 saturated heterocycles. The smallest absolute Gasteiger partial charge is 0.251 e. The molecule has 4 rings (SSSR count). The third-order valence-electron chi connectivity index (χ3n) is 5.66. The van der Waals surface area contributed by atoms with Crippen molar-refractivity contribution in [2.24, 2.45) is 0 Å². The van der Waals surface area contributed by atoms with Crippen LogP contribution in [0, 0.1) is 6.92 Å². The number of nitrogens with zero attached hydrogens (tertiary/aromatic N) is 2. The number of imidazole rings is 1. The molecule has 0 radical (unpaired) electrons. The maximum atomic E-state index is 12.7. The van der Waals surface area contributed by atoms with E-state index in [1.807, 2.05) is 61.5 Å². The molecule has 1 amide bonds. The Bertz CT molecular complexity index is 1200. The molecule has 0 aliphatic rings. The Balaban J connectivity index is 1.41. The van der Waals surface area contributed by atoms with Crippen LogP contribution < -0.4 is 10.1 Å². The van der Waals surface area contributed by atoms with Crippen molar-refractivity contribution in [3.05, 3.63) is 95.3 Å². The number of rotatable bonds is 9. The van der Waals surface area contributed by atoms with E-state index in [0.29, 0.717) is 18.7 Å². The number of ether oxygens (including phenoxy) is 1. The number of fused-ring (bicyclic) bond motifs is 1. The molecule has 0 aliphatic heterocycles. The number of hydrogen-bond donors (Lipinski definition) is 1. The minimum atomic E-state index is -0.0828. The molecule has 0 bridgehead atoms. The maximum Gasteiger partial charge on any atom is 0.251 e. The van der Waals surface area contributed by atoms with Crippen LogP contribution >= 0.6 is 0 Å². The highest BCUT2D eigenvalue weighted by atomic mass is 16.5. The second-order valence-corrected chi connectivity index (χ2v) is 7.87. The van der Waals surface area contributed by atoms with Crippen molar-refractivity contribution in [3.8, 4) is 5.75 Å². The predicted molar refractivity (Wildman–Crippen MR) is 128 cm³/mol. The number of carbonyl (C=O) groups excluding carboxylic acids is 1. The zero-order valence-electron chi connectivity index (χ0n) is 18.7. The van der Waals surface area contributed by atoms with E-state index in [2.05, 4.69) is 35.0 Å². The quantitative estimate of drug-likeness (QED) is 0.369. The van der Waals surface area contributed by atoms with E-state index in [4.69, 9.17) is 9.72 Å². The standard InChI is InChI=1S/C27H29N3O2/c1-3-21-13-15-22(16-14-21)32-18-8-17-30-25-12-7-6-11-24(25)29-26(30)19-28-27(31)23-10-5-4-9-20(23)2/h4-7,9-16H,3,8,17-19H2,1-2H3,(H,28,31). The Morgan fingerprint density at radius 1 is 1.00 bits per heavy atom. The normalized spacial score (nSPS) is 10.9. The lowest BCUT2D eigenvalue weighted by atomic mass is 10.1. The number of aryl methyl sites for hydroxylation is 3. The molecule has 32 heavy (non-hydrogen) atoms. The highest BCUT2D eigenvalue weighted by Crippen LogP contribution is 2.18. The van der Waals surface area contributed by atoms with Gasteiger partial charge in [-0.05, 0) is 61.2 Å². The van der Waals surface area contributed by atoms with Gasteiger partial charge < -0.3 is 14.6 Å². The average molecular weight is 428 g/mol. The molecule has 5 nitrogen and oxygen atoms in total. The van der Waals surface area contributed by atoms with Crippen LogP contribution in [-0.2, 0) is 19.5 Å². The first-order chi connectivity index (χ1) is 15.7. The highest BCUT2D eigenvalue weighted by molar-refractivity contribution is 5.95. The first kappa shape index (κ1) is 21.6. The van der Waals surface area contributed by atoms with Gasteiger partial charge in [-0.3, -0.25) is 4.79 Å². The Labute approximate surface area is 189 Å². The molecule has 0 spiro atoms. The van der Waals surface area contributed by atoms with Crippen LogP contribution in [0.4, 0.5) is 0 Å². The average Bonchev–Trinajstić information content (AvgIpc) is 3.18. The third kappa shape index (κ3) is 4.99. The summed E-state index contributed by atoms with van der Waals surface area (Å²) in [6, 6.07) is 23.9. The Kier molecular flexibility index (Phi) is 6.85. The molecule has 1 heterocycles. The fraction of sp³-hybridized carbons (Fsp3) is 0.259. The van der Waals surface area contributed by atoms with Crippen molar-refractivity contribution in [1.82, 2.24) is 14.9 Å². The monoisotopic (exact) mass is 427 g/mol. The van der Waals surface area contributed by atoms with Gasteiger partial charge in [0.05, 0.1) is 24.2 Å². The third-order valence-corrected chi connectivity index (χ3v) is 5.66. The van der Waals surface area contributed by atoms with Crippen LogP contribution in [0.25, 0.3) is 11.0 Å². The second-order valence-electron chi connectivity index (χ2n) is 7.87. The summed E-state index contributed by atoms with van der Waals surface area (Å²) in [4.78, 5) is 17.4. The van der Waals surface area contributed by atoms with Crippen LogP contribution in [0.2, 0.25) is 0 Å². The van der Waals surface area contributed by atoms with Gasteiger partial charge in [-0.1, -0.05) is 49.4 Å². The lowest BCUT2D eigenvalue weighted by Gasteiger charge is -2.12. The summed E-state index contributed by atoms with van der Waals surface area (Å²) in [5.41, 5.74) is 4.96. The largest absolute Gasteiger partial charge is 0.494 e. The SMILES string of the molecule is CCc1ccc(OCCCn2c(CNC(=O)c3ccccc3C)nc3ccccc32)cc1. The molecule has 164 valence electrons. The number of carbonyl (C=O) groups is 1. The van der Waals surface area contributed by atoms with E-state index in [-0.39, 0.29) is 5.91 Å². The van der Waals surface area contributed by atoms with E-state index < -0.39 is 0 Å². The van der Waals surface area contributed by atoms with Gasteiger partial charge in [0, 0.05) is 12.1 Å². The summed E-state index contributed by atoms with van der Waals surface area (Å²) < 4.78 is 8.10. The summed E-state index contributed by atoms with van der Waals surface area (Å²) in [6.07, 6.45) is 1.87. The minimum Gasteiger partial charge on any atom is -0.494 e. The van der Waals surface area contributed by atoms with Crippen LogP contribution in [0.5, 0.6) is 5.75 Å². The molecular weight excluding hydrogens is 398 g/mol. The zero-order valence-corrected chi connectivity index (χ0v) is 18.7. The summed E-state index contributed by atoms with van der Waals surface area (Å²) in [5, 5.41) is 3.03. The molecule has 4 aromatic rings. The summed E-state index contributed by atoms with van der Waals surface area (Å²) >= 11 is 0. The summed E-state index contributed by atoms with van der Waals surface area (Å²) in [5.74, 6) is 1.66. The minimum absolute atomic E-state index is 0.0828. The van der Waals surface area contributed by atoms with Gasteiger partial charge in [-0.25, -0.2) is 4.98 Å². The predicted octanol–water partition coefficient (Wildman–Crippen LogP) is 5.31. The molecule has 0 aliphatic carbocycles. The molecule has 0 fully saturated rings. The fourth-order valence-electron chi connectivity index (χ4n) is 3.83. The number of hydrogen-bond acceptors (Lipinski definition) is 3. The Hall–Kier alpha value is -3.60. The van der Waals surface area contributed by atoms with Crippen molar-refractivity contribution in [2.75, 3.05) is 6.61 Å². The van der Waals surface area contributed by atoms with E-state index >= 15 is 0 Å². The first-order valence-electron chi connectivity index (χ1n) is 11.2. The summed E-state index contributed by atoms with van der Waals surface area (Å²) in [7, 11) is 0. The van der Waals surface area contributed by atoms with E-state index in [9.17, 15) is 4.79 Å². The van der Waals surface area contributed by atoms with Gasteiger partial charge in [-0.2, -0.15) is 0 Å². The molecule has 1 N–H and O–H groups in total. The fourth-order valence-corrected chi connectivity index (χ4v) is 3.83. The zero-order chi connectivity index (χ0) is 22.3. The van der Waals surface area contributed by atoms with E-state index in [0.717, 1.165) is 47.6 Å².